The van der Waals surface area contributed by atoms with Crippen LogP contribution >= 0.6 is 0 Å². The fourth-order valence-electron chi connectivity index (χ4n) is 2.90. The number of fused-ring (bicyclic) bond motifs is 1. The summed E-state index contributed by atoms with van der Waals surface area (Å²) in [7, 11) is 0. The van der Waals surface area contributed by atoms with Crippen LogP contribution < -0.4 is 15.4 Å². The first kappa shape index (κ1) is 18.2. The molecular formula is C17H15F3N6O2. The van der Waals surface area contributed by atoms with Gasteiger partial charge in [0, 0.05) is 18.7 Å². The van der Waals surface area contributed by atoms with E-state index in [4.69, 9.17) is 10.5 Å². The van der Waals surface area contributed by atoms with E-state index in [-0.39, 0.29) is 11.7 Å². The highest BCUT2D eigenvalue weighted by Gasteiger charge is 2.31. The van der Waals surface area contributed by atoms with Gasteiger partial charge in [-0.1, -0.05) is 12.1 Å². The maximum Gasteiger partial charge on any atom is 0.573 e. The molecule has 4 rings (SSSR count). The first-order valence-corrected chi connectivity index (χ1v) is 8.38. The van der Waals surface area contributed by atoms with Crippen LogP contribution in [0.1, 0.15) is 0 Å². The van der Waals surface area contributed by atoms with E-state index in [2.05, 4.69) is 24.7 Å². The molecule has 146 valence electrons. The third kappa shape index (κ3) is 3.88. The van der Waals surface area contributed by atoms with E-state index in [1.807, 2.05) is 4.90 Å². The molecule has 0 bridgehead atoms. The number of aromatic nitrogens is 4. The number of alkyl halides is 3. The van der Waals surface area contributed by atoms with Crippen LogP contribution in [-0.4, -0.2) is 52.6 Å². The van der Waals surface area contributed by atoms with Crippen LogP contribution in [0.25, 0.3) is 22.4 Å². The van der Waals surface area contributed by atoms with Crippen LogP contribution in [0, 0.1) is 0 Å². The van der Waals surface area contributed by atoms with Crippen LogP contribution in [0.3, 0.4) is 0 Å². The molecule has 3 aromatic rings. The van der Waals surface area contributed by atoms with Crippen molar-refractivity contribution in [2.24, 2.45) is 0 Å². The van der Waals surface area contributed by atoms with Crippen molar-refractivity contribution in [1.29, 1.82) is 0 Å². The number of anilines is 2. The average Bonchev–Trinajstić information content (AvgIpc) is 2.66. The summed E-state index contributed by atoms with van der Waals surface area (Å²) in [6, 6.07) is 5.53. The molecule has 0 atom stereocenters. The summed E-state index contributed by atoms with van der Waals surface area (Å²) < 4.78 is 46.8. The molecular weight excluding hydrogens is 377 g/mol. The minimum Gasteiger partial charge on any atom is -0.406 e. The lowest BCUT2D eigenvalue weighted by Gasteiger charge is -2.28. The first-order valence-electron chi connectivity index (χ1n) is 8.38. The number of benzene rings is 1. The van der Waals surface area contributed by atoms with Crippen molar-refractivity contribution >= 4 is 22.9 Å². The summed E-state index contributed by atoms with van der Waals surface area (Å²) in [6.07, 6.45) is -3.35. The largest absolute Gasteiger partial charge is 0.573 e. The number of halogens is 3. The molecule has 0 saturated carbocycles. The number of ether oxygens (including phenoxy) is 2. The second-order valence-electron chi connectivity index (χ2n) is 6.01. The van der Waals surface area contributed by atoms with Crippen LogP contribution in [0.4, 0.5) is 24.9 Å². The van der Waals surface area contributed by atoms with Gasteiger partial charge in [-0.05, 0) is 12.1 Å². The molecule has 2 N–H and O–H groups in total. The number of nitrogens with two attached hydrogens (primary N) is 1. The third-order valence-corrected chi connectivity index (χ3v) is 4.08. The van der Waals surface area contributed by atoms with Crippen molar-refractivity contribution in [1.82, 2.24) is 19.9 Å². The predicted octanol–water partition coefficient (Wildman–Crippen LogP) is 2.40. The average molecular weight is 392 g/mol. The summed E-state index contributed by atoms with van der Waals surface area (Å²) in [5.74, 6) is 0.244. The maximum atomic E-state index is 12.5. The van der Waals surface area contributed by atoms with Gasteiger partial charge in [0.15, 0.2) is 17.0 Å². The van der Waals surface area contributed by atoms with E-state index in [1.54, 1.807) is 6.07 Å². The zero-order valence-electron chi connectivity index (χ0n) is 14.5. The standard InChI is InChI=1S/C17H15F3N6O2/c18-17(19,20)28-11-3-1-2-10(8-11)12-9-22-14-13(23-12)15(25-16(21)24-14)26-4-6-27-7-5-26/h1-3,8-9H,4-7H2,(H2,21,22,24,25). The highest BCUT2D eigenvalue weighted by Crippen LogP contribution is 2.29. The molecule has 0 spiro atoms. The Morgan fingerprint density at radius 1 is 1.11 bits per heavy atom. The van der Waals surface area contributed by atoms with Crippen LogP contribution in [0.2, 0.25) is 0 Å². The summed E-state index contributed by atoms with van der Waals surface area (Å²) >= 11 is 0. The highest BCUT2D eigenvalue weighted by atomic mass is 19.4. The van der Waals surface area contributed by atoms with E-state index < -0.39 is 6.36 Å². The number of rotatable bonds is 3. The molecule has 2 aromatic heterocycles. The minimum atomic E-state index is -4.78. The summed E-state index contributed by atoms with van der Waals surface area (Å²) in [5, 5.41) is 0. The molecule has 0 amide bonds. The molecule has 0 unspecified atom stereocenters. The zero-order valence-corrected chi connectivity index (χ0v) is 14.5. The van der Waals surface area contributed by atoms with Crippen molar-refractivity contribution in [3.63, 3.8) is 0 Å². The quantitative estimate of drug-likeness (QED) is 0.726. The van der Waals surface area contributed by atoms with Crippen molar-refractivity contribution in [2.45, 2.75) is 6.36 Å². The molecule has 3 heterocycles. The molecule has 1 aromatic carbocycles. The summed E-state index contributed by atoms with van der Waals surface area (Å²) in [4.78, 5) is 19.1. The van der Waals surface area contributed by atoms with Gasteiger partial charge in [0.25, 0.3) is 0 Å². The van der Waals surface area contributed by atoms with Crippen LogP contribution in [0.5, 0.6) is 5.75 Å². The van der Waals surface area contributed by atoms with Gasteiger partial charge in [-0.15, -0.1) is 13.2 Å². The number of morpholine rings is 1. The van der Waals surface area contributed by atoms with E-state index in [1.165, 1.54) is 24.4 Å². The second-order valence-corrected chi connectivity index (χ2v) is 6.01. The number of nitrogens with zero attached hydrogens (tertiary/aromatic N) is 5. The fraction of sp³-hybridized carbons (Fsp3) is 0.294. The normalized spacial score (nSPS) is 15.0. The first-order chi connectivity index (χ1) is 13.4. The highest BCUT2D eigenvalue weighted by molar-refractivity contribution is 5.85. The van der Waals surface area contributed by atoms with Gasteiger partial charge in [0.2, 0.25) is 5.95 Å². The number of hydrogen-bond donors (Lipinski definition) is 1. The predicted molar refractivity (Wildman–Crippen MR) is 94.7 cm³/mol. The number of hydrogen-bond acceptors (Lipinski definition) is 8. The van der Waals surface area contributed by atoms with E-state index in [9.17, 15) is 13.2 Å². The van der Waals surface area contributed by atoms with Gasteiger partial charge >= 0.3 is 6.36 Å². The molecule has 1 saturated heterocycles. The Hall–Kier alpha value is -3.21. The minimum absolute atomic E-state index is 0.0663. The van der Waals surface area contributed by atoms with Gasteiger partial charge in [0.1, 0.15) is 5.75 Å². The van der Waals surface area contributed by atoms with Crippen molar-refractivity contribution < 1.29 is 22.6 Å². The summed E-state index contributed by atoms with van der Waals surface area (Å²) in [5.41, 5.74) is 7.29. The molecule has 1 aliphatic rings. The topological polar surface area (TPSA) is 99.3 Å². The van der Waals surface area contributed by atoms with Gasteiger partial charge in [-0.25, -0.2) is 9.97 Å². The lowest BCUT2D eigenvalue weighted by atomic mass is 10.1. The molecule has 28 heavy (non-hydrogen) atoms. The lowest BCUT2D eigenvalue weighted by molar-refractivity contribution is -0.274. The SMILES string of the molecule is Nc1nc(N2CCOCC2)c2nc(-c3cccc(OC(F)(F)F)c3)cnc2n1. The Labute approximate surface area is 157 Å². The maximum absolute atomic E-state index is 12.5. The van der Waals surface area contributed by atoms with E-state index >= 15 is 0 Å². The molecule has 0 aliphatic carbocycles. The molecule has 0 radical (unpaired) electrons. The summed E-state index contributed by atoms with van der Waals surface area (Å²) in [6.45, 7) is 2.28. The third-order valence-electron chi connectivity index (χ3n) is 4.08. The van der Waals surface area contributed by atoms with Gasteiger partial charge in [-0.3, -0.25) is 0 Å². The van der Waals surface area contributed by atoms with Gasteiger partial charge < -0.3 is 20.1 Å². The van der Waals surface area contributed by atoms with E-state index in [0.29, 0.717) is 54.5 Å². The smallest absolute Gasteiger partial charge is 0.406 e. The Bertz CT molecular complexity index is 1010. The Kier molecular flexibility index (Phi) is 4.59. The Morgan fingerprint density at radius 2 is 1.89 bits per heavy atom. The Balaban J connectivity index is 1.77. The van der Waals surface area contributed by atoms with Crippen molar-refractivity contribution in [3.8, 4) is 17.0 Å². The van der Waals surface area contributed by atoms with Crippen LogP contribution in [0.15, 0.2) is 30.5 Å². The van der Waals surface area contributed by atoms with Crippen molar-refractivity contribution in [2.75, 3.05) is 36.9 Å². The number of nitrogen functional groups attached to an aromatic ring is 1. The van der Waals surface area contributed by atoms with Gasteiger partial charge in [-0.2, -0.15) is 9.97 Å². The molecule has 1 fully saturated rings. The monoisotopic (exact) mass is 392 g/mol. The van der Waals surface area contributed by atoms with Crippen LogP contribution in [-0.2, 0) is 4.74 Å². The fourth-order valence-corrected chi connectivity index (χ4v) is 2.90. The lowest BCUT2D eigenvalue weighted by Crippen LogP contribution is -2.37. The Morgan fingerprint density at radius 3 is 2.64 bits per heavy atom. The molecule has 11 heteroatoms. The zero-order chi connectivity index (χ0) is 19.7. The molecule has 8 nitrogen and oxygen atoms in total. The van der Waals surface area contributed by atoms with E-state index in [0.717, 1.165) is 0 Å². The molecule has 1 aliphatic heterocycles. The van der Waals surface area contributed by atoms with Gasteiger partial charge in [0.05, 0.1) is 25.1 Å². The van der Waals surface area contributed by atoms with Crippen molar-refractivity contribution in [3.05, 3.63) is 30.5 Å². The second kappa shape index (κ2) is 7.08.